The van der Waals surface area contributed by atoms with Crippen molar-refractivity contribution in [2.75, 3.05) is 5.32 Å². The molecule has 4 atom stereocenters. The summed E-state index contributed by atoms with van der Waals surface area (Å²) in [5, 5.41) is 15.4. The Hall–Kier alpha value is -2.74. The van der Waals surface area contributed by atoms with Gasteiger partial charge in [-0.05, 0) is 31.7 Å². The molecular formula is C23H27N3O5. The van der Waals surface area contributed by atoms with Gasteiger partial charge in [0.05, 0.1) is 11.8 Å². The van der Waals surface area contributed by atoms with Gasteiger partial charge in [0.2, 0.25) is 17.7 Å². The number of aliphatic carboxylic acids is 1. The number of carboxylic acid groups (broad SMARTS) is 1. The molecule has 1 aliphatic carbocycles. The van der Waals surface area contributed by atoms with Gasteiger partial charge in [0.25, 0.3) is 0 Å². The Morgan fingerprint density at radius 3 is 2.61 bits per heavy atom. The highest BCUT2D eigenvalue weighted by Crippen LogP contribution is 2.54. The summed E-state index contributed by atoms with van der Waals surface area (Å²) in [4.78, 5) is 53.4. The van der Waals surface area contributed by atoms with Crippen LogP contribution in [-0.2, 0) is 24.7 Å². The minimum Gasteiger partial charge on any atom is -0.481 e. The fourth-order valence-corrected chi connectivity index (χ4v) is 6.22. The normalized spacial score (nSPS) is 32.5. The number of nitrogens with one attached hydrogen (secondary N) is 2. The maximum atomic E-state index is 13.8. The Bertz CT molecular complexity index is 985. The third-order valence-electron chi connectivity index (χ3n) is 7.60. The minimum absolute atomic E-state index is 0.127. The third-order valence-corrected chi connectivity index (χ3v) is 7.60. The van der Waals surface area contributed by atoms with E-state index in [1.165, 1.54) is 4.90 Å². The number of amides is 3. The second-order valence-electron chi connectivity index (χ2n) is 9.28. The van der Waals surface area contributed by atoms with Crippen molar-refractivity contribution in [3.8, 4) is 0 Å². The standard InChI is InChI=1S/C23H27N3O5/c1-12-6-5-9-14-19(12)24-22(31)23(14)18-17(15(25-23)10-11-16(27)28)20(29)26(21(18)30)13-7-3-2-4-8-13/h5-6,9,13,15,17-18,25H,2-4,7-8,10-11H2,1H3,(H,24,31)(H,27,28)/t15-,17+,18+,23-/m0/s1. The van der Waals surface area contributed by atoms with Crippen LogP contribution in [0.4, 0.5) is 5.69 Å². The highest BCUT2D eigenvalue weighted by atomic mass is 16.4. The summed E-state index contributed by atoms with van der Waals surface area (Å²) in [5.41, 5.74) is 0.896. The Morgan fingerprint density at radius 1 is 1.16 bits per heavy atom. The molecule has 1 spiro atoms. The predicted molar refractivity (Wildman–Crippen MR) is 111 cm³/mol. The number of carbonyl (C=O) groups is 4. The molecule has 31 heavy (non-hydrogen) atoms. The van der Waals surface area contributed by atoms with E-state index in [0.717, 1.165) is 37.7 Å². The molecule has 1 saturated carbocycles. The van der Waals surface area contributed by atoms with Gasteiger partial charge in [-0.2, -0.15) is 0 Å². The van der Waals surface area contributed by atoms with Crippen LogP contribution in [0.2, 0.25) is 0 Å². The van der Waals surface area contributed by atoms with Gasteiger partial charge in [-0.15, -0.1) is 0 Å². The van der Waals surface area contributed by atoms with Crippen molar-refractivity contribution >= 4 is 29.4 Å². The van der Waals surface area contributed by atoms with Crippen LogP contribution in [0, 0.1) is 18.8 Å². The van der Waals surface area contributed by atoms with Crippen LogP contribution in [0.25, 0.3) is 0 Å². The lowest BCUT2D eigenvalue weighted by Crippen LogP contribution is -2.54. The van der Waals surface area contributed by atoms with E-state index in [1.807, 2.05) is 25.1 Å². The second kappa shape index (κ2) is 7.15. The molecule has 4 aliphatic rings. The van der Waals surface area contributed by atoms with Crippen LogP contribution in [0.5, 0.6) is 0 Å². The summed E-state index contributed by atoms with van der Waals surface area (Å²) >= 11 is 0. The van der Waals surface area contributed by atoms with E-state index in [9.17, 15) is 24.3 Å². The average molecular weight is 425 g/mol. The number of para-hydroxylation sites is 1. The van der Waals surface area contributed by atoms with Crippen molar-refractivity contribution in [1.29, 1.82) is 0 Å². The molecule has 164 valence electrons. The maximum absolute atomic E-state index is 13.8. The number of likely N-dealkylation sites (tertiary alicyclic amines) is 1. The summed E-state index contributed by atoms with van der Waals surface area (Å²) < 4.78 is 0. The highest BCUT2D eigenvalue weighted by molar-refractivity contribution is 6.15. The fourth-order valence-electron chi connectivity index (χ4n) is 6.22. The lowest BCUT2D eigenvalue weighted by atomic mass is 9.76. The van der Waals surface area contributed by atoms with Crippen LogP contribution in [0.3, 0.4) is 0 Å². The zero-order chi connectivity index (χ0) is 21.9. The molecule has 8 heteroatoms. The first-order valence-electron chi connectivity index (χ1n) is 11.1. The topological polar surface area (TPSA) is 116 Å². The van der Waals surface area contributed by atoms with Gasteiger partial charge in [0, 0.05) is 29.8 Å². The Morgan fingerprint density at radius 2 is 1.90 bits per heavy atom. The van der Waals surface area contributed by atoms with Crippen LogP contribution in [-0.4, -0.2) is 45.8 Å². The molecule has 3 N–H and O–H groups in total. The number of rotatable bonds is 4. The van der Waals surface area contributed by atoms with E-state index in [2.05, 4.69) is 10.6 Å². The maximum Gasteiger partial charge on any atom is 0.303 e. The number of imide groups is 1. The summed E-state index contributed by atoms with van der Waals surface area (Å²) in [5.74, 6) is -3.44. The minimum atomic E-state index is -1.34. The Balaban J connectivity index is 1.61. The van der Waals surface area contributed by atoms with Crippen molar-refractivity contribution in [3.05, 3.63) is 29.3 Å². The molecule has 3 aliphatic heterocycles. The van der Waals surface area contributed by atoms with Gasteiger partial charge in [-0.3, -0.25) is 29.4 Å². The molecule has 3 heterocycles. The van der Waals surface area contributed by atoms with E-state index in [0.29, 0.717) is 11.3 Å². The lowest BCUT2D eigenvalue weighted by molar-refractivity contribution is -0.146. The number of hydrogen-bond donors (Lipinski definition) is 3. The molecule has 2 saturated heterocycles. The number of aryl methyl sites for hydroxylation is 1. The molecule has 0 bridgehead atoms. The molecular weight excluding hydrogens is 398 g/mol. The Labute approximate surface area is 180 Å². The van der Waals surface area contributed by atoms with E-state index in [4.69, 9.17) is 0 Å². The lowest BCUT2D eigenvalue weighted by Gasteiger charge is -2.34. The summed E-state index contributed by atoms with van der Waals surface area (Å²) in [6, 6.07) is 4.88. The first-order valence-corrected chi connectivity index (χ1v) is 11.1. The molecule has 5 rings (SSSR count). The molecule has 0 radical (unpaired) electrons. The van der Waals surface area contributed by atoms with Gasteiger partial charge < -0.3 is 10.4 Å². The van der Waals surface area contributed by atoms with Gasteiger partial charge in [0.15, 0.2) is 0 Å². The van der Waals surface area contributed by atoms with Gasteiger partial charge in [-0.1, -0.05) is 37.5 Å². The molecule has 0 aromatic heterocycles. The number of fused-ring (bicyclic) bond motifs is 4. The molecule has 0 unspecified atom stereocenters. The van der Waals surface area contributed by atoms with E-state index < -0.39 is 29.4 Å². The molecule has 8 nitrogen and oxygen atoms in total. The molecule has 3 amide bonds. The number of carbonyl (C=O) groups excluding carboxylic acids is 3. The Kier molecular flexibility index (Phi) is 4.66. The average Bonchev–Trinajstić information content (AvgIpc) is 3.33. The van der Waals surface area contributed by atoms with Crippen LogP contribution in [0.15, 0.2) is 18.2 Å². The van der Waals surface area contributed by atoms with Crippen molar-refractivity contribution in [3.63, 3.8) is 0 Å². The van der Waals surface area contributed by atoms with Crippen molar-refractivity contribution in [2.45, 2.75) is 69.5 Å². The fraction of sp³-hybridized carbons (Fsp3) is 0.565. The van der Waals surface area contributed by atoms with E-state index in [1.54, 1.807) is 0 Å². The van der Waals surface area contributed by atoms with Crippen molar-refractivity contribution in [1.82, 2.24) is 10.2 Å². The van der Waals surface area contributed by atoms with Crippen LogP contribution >= 0.6 is 0 Å². The van der Waals surface area contributed by atoms with E-state index in [-0.39, 0.29) is 36.6 Å². The zero-order valence-corrected chi connectivity index (χ0v) is 17.5. The number of carboxylic acids is 1. The summed E-state index contributed by atoms with van der Waals surface area (Å²) in [6.45, 7) is 1.89. The number of benzene rings is 1. The quantitative estimate of drug-likeness (QED) is 0.635. The molecule has 3 fully saturated rings. The highest BCUT2D eigenvalue weighted by Gasteiger charge is 2.70. The summed E-state index contributed by atoms with van der Waals surface area (Å²) in [7, 11) is 0. The SMILES string of the molecule is Cc1cccc2c1NC(=O)[C@]21N[C@@H](CCC(=O)O)[C@H]2C(=O)N(C3CCCCC3)C(=O)[C@@H]21. The van der Waals surface area contributed by atoms with Gasteiger partial charge >= 0.3 is 5.97 Å². The van der Waals surface area contributed by atoms with Crippen LogP contribution in [0.1, 0.15) is 56.1 Å². The summed E-state index contributed by atoms with van der Waals surface area (Å²) in [6.07, 6.45) is 4.69. The van der Waals surface area contributed by atoms with Crippen molar-refractivity contribution in [2.24, 2.45) is 11.8 Å². The van der Waals surface area contributed by atoms with Gasteiger partial charge in [-0.25, -0.2) is 0 Å². The zero-order valence-electron chi connectivity index (χ0n) is 17.5. The predicted octanol–water partition coefficient (Wildman–Crippen LogP) is 1.91. The first-order chi connectivity index (χ1) is 14.9. The molecule has 1 aromatic rings. The smallest absolute Gasteiger partial charge is 0.303 e. The van der Waals surface area contributed by atoms with E-state index >= 15 is 0 Å². The van der Waals surface area contributed by atoms with Gasteiger partial charge in [0.1, 0.15) is 5.54 Å². The monoisotopic (exact) mass is 425 g/mol. The number of hydrogen-bond acceptors (Lipinski definition) is 5. The number of nitrogens with zero attached hydrogens (tertiary/aromatic N) is 1. The third kappa shape index (κ3) is 2.77. The van der Waals surface area contributed by atoms with Crippen molar-refractivity contribution < 1.29 is 24.3 Å². The first kappa shape index (κ1) is 20.2. The van der Waals surface area contributed by atoms with Crippen LogP contribution < -0.4 is 10.6 Å². The number of anilines is 1. The largest absolute Gasteiger partial charge is 0.481 e. The second-order valence-corrected chi connectivity index (χ2v) is 9.28. The molecule has 1 aromatic carbocycles.